The Balaban J connectivity index is 0.978. The zero-order valence-corrected chi connectivity index (χ0v) is 43.8. The third-order valence-electron chi connectivity index (χ3n) is 16.3. The normalized spacial score (nSPS) is 12.0. The monoisotopic (exact) mass is 1040 g/mol. The van der Waals surface area contributed by atoms with Gasteiger partial charge in [0.15, 0.2) is 17.5 Å². The van der Waals surface area contributed by atoms with Gasteiger partial charge in [-0.05, 0) is 113 Å². The number of nitrogens with zero attached hydrogens (tertiary/aromatic N) is 6. The number of thiophene rings is 1. The minimum absolute atomic E-state index is 0.584. The first-order chi connectivity index (χ1) is 39.7. The van der Waals surface area contributed by atoms with Crippen LogP contribution in [-0.4, -0.2) is 28.7 Å². The molecule has 0 saturated heterocycles. The van der Waals surface area contributed by atoms with Crippen LogP contribution in [0.4, 0.5) is 0 Å². The second-order valence-electron chi connectivity index (χ2n) is 20.7. The van der Waals surface area contributed by atoms with Crippen molar-refractivity contribution < 1.29 is 0 Å². The number of rotatable bonds is 7. The third-order valence-corrected chi connectivity index (χ3v) is 17.4. The van der Waals surface area contributed by atoms with Crippen LogP contribution in [0.5, 0.6) is 0 Å². The Morgan fingerprint density at radius 1 is 0.263 bits per heavy atom. The molecule has 0 radical (unpaired) electrons. The second kappa shape index (κ2) is 17.5. The molecule has 0 aliphatic rings. The highest BCUT2D eigenvalue weighted by atomic mass is 32.1. The van der Waals surface area contributed by atoms with Gasteiger partial charge in [0.1, 0.15) is 0 Å². The average Bonchev–Trinajstić information content (AvgIpc) is 4.38. The lowest BCUT2D eigenvalue weighted by atomic mass is 9.95. The first kappa shape index (κ1) is 44.6. The largest absolute Gasteiger partial charge is 0.309 e. The van der Waals surface area contributed by atoms with E-state index in [0.29, 0.717) is 17.5 Å². The molecule has 0 fully saturated rings. The van der Waals surface area contributed by atoms with E-state index in [0.717, 1.165) is 99.5 Å². The summed E-state index contributed by atoms with van der Waals surface area (Å²) in [4.78, 5) is 16.9. The van der Waals surface area contributed by atoms with E-state index in [9.17, 15) is 0 Å². The van der Waals surface area contributed by atoms with Crippen LogP contribution in [0.25, 0.3) is 159 Å². The molecule has 0 N–H and O–H groups in total. The predicted octanol–water partition coefficient (Wildman–Crippen LogP) is 19.4. The fraction of sp³-hybridized carbons (Fsp3) is 0. The van der Waals surface area contributed by atoms with Crippen molar-refractivity contribution in [3.05, 3.63) is 267 Å². The lowest BCUT2D eigenvalue weighted by Crippen LogP contribution is -2.02. The van der Waals surface area contributed by atoms with Crippen LogP contribution in [0, 0.1) is 0 Å². The lowest BCUT2D eigenvalue weighted by Gasteiger charge is -2.17. The smallest absolute Gasteiger partial charge is 0.164 e. The molecule has 80 heavy (non-hydrogen) atoms. The van der Waals surface area contributed by atoms with E-state index in [2.05, 4.69) is 281 Å². The Morgan fingerprint density at radius 2 is 0.738 bits per heavy atom. The van der Waals surface area contributed by atoms with Gasteiger partial charge < -0.3 is 13.7 Å². The maximum Gasteiger partial charge on any atom is 0.164 e. The number of aromatic nitrogens is 6. The summed E-state index contributed by atoms with van der Waals surface area (Å²) < 4.78 is 9.68. The van der Waals surface area contributed by atoms with Gasteiger partial charge in [-0.15, -0.1) is 11.3 Å². The molecule has 17 rings (SSSR count). The van der Waals surface area contributed by atoms with Crippen LogP contribution in [0.15, 0.2) is 267 Å². The number of para-hydroxylation sites is 5. The van der Waals surface area contributed by atoms with Gasteiger partial charge >= 0.3 is 0 Å². The van der Waals surface area contributed by atoms with Gasteiger partial charge in [-0.2, -0.15) is 0 Å². The molecule has 372 valence electrons. The number of fused-ring (bicyclic) bond motifs is 13. The van der Waals surface area contributed by atoms with Gasteiger partial charge in [-0.1, -0.05) is 170 Å². The Hall–Kier alpha value is -10.5. The average molecular weight is 1040 g/mol. The van der Waals surface area contributed by atoms with E-state index in [1.54, 1.807) is 0 Å². The Morgan fingerprint density at radius 3 is 1.38 bits per heavy atom. The van der Waals surface area contributed by atoms with Gasteiger partial charge in [0, 0.05) is 86.1 Å². The number of hydrogen-bond acceptors (Lipinski definition) is 4. The Bertz CT molecular complexity index is 5200. The van der Waals surface area contributed by atoms with Gasteiger partial charge in [0.05, 0.1) is 38.8 Å². The van der Waals surface area contributed by atoms with E-state index >= 15 is 0 Å². The topological polar surface area (TPSA) is 53.5 Å². The minimum atomic E-state index is 0.584. The summed E-state index contributed by atoms with van der Waals surface area (Å²) in [5, 5.41) is 11.7. The summed E-state index contributed by atoms with van der Waals surface area (Å²) in [6.45, 7) is 0. The van der Waals surface area contributed by atoms with Crippen molar-refractivity contribution >= 4 is 108 Å². The second-order valence-corrected chi connectivity index (χ2v) is 21.7. The molecule has 12 aromatic carbocycles. The van der Waals surface area contributed by atoms with E-state index in [1.807, 2.05) is 11.3 Å². The maximum absolute atomic E-state index is 5.66. The molecule has 0 atom stereocenters. The summed E-state index contributed by atoms with van der Waals surface area (Å²) in [6, 6.07) is 96.3. The van der Waals surface area contributed by atoms with Gasteiger partial charge in [-0.3, -0.25) is 0 Å². The lowest BCUT2D eigenvalue weighted by molar-refractivity contribution is 1.08. The molecule has 0 aliphatic heterocycles. The molecular formula is C73H44N6S. The number of benzene rings is 12. The summed E-state index contributed by atoms with van der Waals surface area (Å²) in [5.74, 6) is 1.78. The maximum atomic E-state index is 5.66. The molecule has 5 heterocycles. The first-order valence-corrected chi connectivity index (χ1v) is 27.9. The Kier molecular flexibility index (Phi) is 9.78. The molecule has 7 heteroatoms. The van der Waals surface area contributed by atoms with Gasteiger partial charge in [0.2, 0.25) is 0 Å². The molecule has 5 aromatic heterocycles. The molecule has 6 nitrogen and oxygen atoms in total. The summed E-state index contributed by atoms with van der Waals surface area (Å²) >= 11 is 1.84. The molecular weight excluding hydrogens is 993 g/mol. The van der Waals surface area contributed by atoms with Crippen molar-refractivity contribution in [2.75, 3.05) is 0 Å². The van der Waals surface area contributed by atoms with Crippen molar-refractivity contribution in [2.24, 2.45) is 0 Å². The van der Waals surface area contributed by atoms with E-state index in [-0.39, 0.29) is 0 Å². The van der Waals surface area contributed by atoms with Crippen LogP contribution in [0.3, 0.4) is 0 Å². The summed E-state index contributed by atoms with van der Waals surface area (Å²) in [6.07, 6.45) is 0. The SMILES string of the molecule is c1ccc(-n2c3ccccc3c3c(-c4nc(-c5ccc(-n6c7ccccc7c7cc8ccccc8cc76)c(-c6cccc7sc8ccccc8c67)c5)nc(-c5cccc6c5c5ccccc5n6-c5ccccc5)n4)cccc32)cc1. The van der Waals surface area contributed by atoms with Crippen molar-refractivity contribution in [2.45, 2.75) is 0 Å². The predicted molar refractivity (Wildman–Crippen MR) is 335 cm³/mol. The van der Waals surface area contributed by atoms with Crippen LogP contribution < -0.4 is 0 Å². The molecule has 17 aromatic rings. The molecule has 0 spiro atoms. The zero-order valence-electron chi connectivity index (χ0n) is 43.0. The van der Waals surface area contributed by atoms with Crippen LogP contribution >= 0.6 is 11.3 Å². The molecule has 0 aliphatic carbocycles. The molecule has 0 bridgehead atoms. The molecule has 0 saturated carbocycles. The van der Waals surface area contributed by atoms with Crippen LogP contribution in [0.1, 0.15) is 0 Å². The summed E-state index contributed by atoms with van der Waals surface area (Å²) in [7, 11) is 0. The highest BCUT2D eigenvalue weighted by Crippen LogP contribution is 2.46. The first-order valence-electron chi connectivity index (χ1n) is 27.1. The molecule has 0 amide bonds. The van der Waals surface area contributed by atoms with Crippen LogP contribution in [0.2, 0.25) is 0 Å². The highest BCUT2D eigenvalue weighted by Gasteiger charge is 2.25. The zero-order chi connectivity index (χ0) is 52.4. The van der Waals surface area contributed by atoms with Gasteiger partial charge in [-0.25, -0.2) is 15.0 Å². The van der Waals surface area contributed by atoms with Gasteiger partial charge in [0.25, 0.3) is 0 Å². The van der Waals surface area contributed by atoms with Crippen LogP contribution in [-0.2, 0) is 0 Å². The third kappa shape index (κ3) is 6.68. The van der Waals surface area contributed by atoms with Crippen molar-refractivity contribution in [1.82, 2.24) is 28.7 Å². The standard InChI is InChI=1S/C73H44N6S/c1-3-22-48(23-4-1)77-60-34-14-10-27-52(60)68-55(31-17-36-63(68)77)72-74-71(75-73(76-72)56-32-18-37-64-69(56)53-28-11-15-35-61(53)78(64)49-24-5-2-6-25-49)47-40-41-62(58(43-47)51-30-19-39-67-70(51)54-29-12-16-38-66(54)80-67)79-59-33-13-9-26-50(59)57-42-45-20-7-8-21-46(45)44-65(57)79/h1-44H. The summed E-state index contributed by atoms with van der Waals surface area (Å²) in [5.41, 5.74) is 14.9. The quantitative estimate of drug-likeness (QED) is 0.160. The van der Waals surface area contributed by atoms with E-state index < -0.39 is 0 Å². The fourth-order valence-electron chi connectivity index (χ4n) is 12.9. The van der Waals surface area contributed by atoms with Crippen molar-refractivity contribution in [3.63, 3.8) is 0 Å². The van der Waals surface area contributed by atoms with E-state index in [4.69, 9.17) is 15.0 Å². The highest BCUT2D eigenvalue weighted by molar-refractivity contribution is 7.26. The van der Waals surface area contributed by atoms with E-state index in [1.165, 1.54) is 41.7 Å². The van der Waals surface area contributed by atoms with Crippen molar-refractivity contribution in [1.29, 1.82) is 0 Å². The van der Waals surface area contributed by atoms with Crippen molar-refractivity contribution in [3.8, 4) is 62.4 Å². The number of hydrogen-bond donors (Lipinski definition) is 0. The Labute approximate surface area is 463 Å². The molecule has 0 unspecified atom stereocenters. The fourth-order valence-corrected chi connectivity index (χ4v) is 14.0. The minimum Gasteiger partial charge on any atom is -0.309 e.